The maximum Gasteiger partial charge on any atom is 0.236 e. The van der Waals surface area contributed by atoms with E-state index in [1.54, 1.807) is 10.9 Å². The Bertz CT molecular complexity index is 269. The molecule has 0 fully saturated rings. The highest BCUT2D eigenvalue weighted by molar-refractivity contribution is 5.78. The highest BCUT2D eigenvalue weighted by atomic mass is 16.1. The van der Waals surface area contributed by atoms with Crippen LogP contribution in [0.5, 0.6) is 0 Å². The van der Waals surface area contributed by atoms with E-state index >= 15 is 0 Å². The van der Waals surface area contributed by atoms with E-state index in [-0.39, 0.29) is 6.54 Å². The van der Waals surface area contributed by atoms with Gasteiger partial charge in [0.15, 0.2) is 0 Å². The average molecular weight is 169 g/mol. The van der Waals surface area contributed by atoms with Crippen molar-refractivity contribution in [3.8, 4) is 0 Å². The molecule has 1 heterocycles. The minimum Gasteiger partial charge on any atom is -0.368 e. The Morgan fingerprint density at radius 3 is 3.17 bits per heavy atom. The minimum absolute atomic E-state index is 0.105. The Kier molecular flexibility index (Phi) is 2.62. The lowest BCUT2D eigenvalue weighted by atomic mass is 10.5. The molecule has 1 rings (SSSR count). The molecule has 0 atom stereocenters. The second-order valence-electron chi connectivity index (χ2n) is 2.25. The van der Waals surface area contributed by atoms with E-state index in [1.165, 1.54) is 0 Å². The molecule has 0 unspecified atom stereocenters. The maximum absolute atomic E-state index is 10.4. The molecule has 0 aliphatic rings. The van der Waals surface area contributed by atoms with Crippen LogP contribution in [0.15, 0.2) is 6.20 Å². The minimum atomic E-state index is -0.404. The van der Waals surface area contributed by atoms with Crippen LogP contribution in [-0.4, -0.2) is 27.4 Å². The average Bonchev–Trinajstić information content (AvgIpc) is 2.47. The quantitative estimate of drug-likeness (QED) is 0.617. The van der Waals surface area contributed by atoms with Crippen LogP contribution in [0.1, 0.15) is 6.92 Å². The molecule has 12 heavy (non-hydrogen) atoms. The summed E-state index contributed by atoms with van der Waals surface area (Å²) < 4.78 is 1.64. The summed E-state index contributed by atoms with van der Waals surface area (Å²) in [5.74, 6) is 0.301. The van der Waals surface area contributed by atoms with Crippen LogP contribution in [0.25, 0.3) is 0 Å². The van der Waals surface area contributed by atoms with Gasteiger partial charge in [-0.25, -0.2) is 4.68 Å². The van der Waals surface area contributed by atoms with Crippen LogP contribution in [0.3, 0.4) is 0 Å². The molecular formula is C6H11N5O. The predicted octanol–water partition coefficient (Wildman–Crippen LogP) is -0.805. The van der Waals surface area contributed by atoms with Gasteiger partial charge < -0.3 is 11.1 Å². The first-order chi connectivity index (χ1) is 5.74. The molecule has 6 nitrogen and oxygen atoms in total. The Hall–Kier alpha value is -1.59. The highest BCUT2D eigenvalue weighted by Crippen LogP contribution is 2.01. The number of anilines is 1. The summed E-state index contributed by atoms with van der Waals surface area (Å²) in [6, 6.07) is 0. The first-order valence-electron chi connectivity index (χ1n) is 3.64. The SMILES string of the molecule is CCn1nncc1NCC(N)=O. The van der Waals surface area contributed by atoms with Gasteiger partial charge in [-0.3, -0.25) is 4.79 Å². The van der Waals surface area contributed by atoms with Gasteiger partial charge in [-0.2, -0.15) is 0 Å². The molecule has 1 amide bonds. The molecule has 6 heteroatoms. The van der Waals surface area contributed by atoms with Crippen LogP contribution >= 0.6 is 0 Å². The number of amides is 1. The molecule has 0 saturated carbocycles. The highest BCUT2D eigenvalue weighted by Gasteiger charge is 2.01. The molecule has 1 aromatic rings. The third kappa shape index (κ3) is 1.94. The molecule has 0 aromatic carbocycles. The number of aromatic nitrogens is 3. The van der Waals surface area contributed by atoms with Crippen molar-refractivity contribution in [2.75, 3.05) is 11.9 Å². The van der Waals surface area contributed by atoms with E-state index in [0.29, 0.717) is 12.4 Å². The number of rotatable bonds is 4. The smallest absolute Gasteiger partial charge is 0.236 e. The van der Waals surface area contributed by atoms with Crippen molar-refractivity contribution in [2.24, 2.45) is 5.73 Å². The maximum atomic E-state index is 10.4. The number of aryl methyl sites for hydroxylation is 1. The first kappa shape index (κ1) is 8.51. The van der Waals surface area contributed by atoms with Gasteiger partial charge in [0.1, 0.15) is 5.82 Å². The fourth-order valence-corrected chi connectivity index (χ4v) is 0.806. The van der Waals surface area contributed by atoms with Gasteiger partial charge in [-0.05, 0) is 6.92 Å². The van der Waals surface area contributed by atoms with Gasteiger partial charge in [0.2, 0.25) is 5.91 Å². The van der Waals surface area contributed by atoms with Crippen molar-refractivity contribution < 1.29 is 4.79 Å². The molecule has 0 saturated heterocycles. The zero-order valence-corrected chi connectivity index (χ0v) is 6.82. The van der Waals surface area contributed by atoms with Crippen LogP contribution in [0, 0.1) is 0 Å². The van der Waals surface area contributed by atoms with Crippen molar-refractivity contribution in [1.82, 2.24) is 15.0 Å². The summed E-state index contributed by atoms with van der Waals surface area (Å²) in [6.07, 6.45) is 1.55. The lowest BCUT2D eigenvalue weighted by Gasteiger charge is -2.03. The monoisotopic (exact) mass is 169 g/mol. The van der Waals surface area contributed by atoms with E-state index < -0.39 is 5.91 Å². The van der Waals surface area contributed by atoms with E-state index in [2.05, 4.69) is 15.6 Å². The molecule has 0 spiro atoms. The van der Waals surface area contributed by atoms with Gasteiger partial charge >= 0.3 is 0 Å². The van der Waals surface area contributed by atoms with Gasteiger partial charge in [0.05, 0.1) is 12.7 Å². The zero-order chi connectivity index (χ0) is 8.97. The summed E-state index contributed by atoms with van der Waals surface area (Å²) in [5, 5.41) is 10.2. The Morgan fingerprint density at radius 2 is 2.58 bits per heavy atom. The molecule has 1 aromatic heterocycles. The van der Waals surface area contributed by atoms with Crippen LogP contribution in [0.4, 0.5) is 5.82 Å². The Labute approximate surface area is 69.7 Å². The standard InChI is InChI=1S/C6H11N5O/c1-2-11-6(4-9-10-11)8-3-5(7)12/h4,8H,2-3H2,1H3,(H2,7,12). The van der Waals surface area contributed by atoms with Crippen molar-refractivity contribution in [1.29, 1.82) is 0 Å². The van der Waals surface area contributed by atoms with E-state index in [9.17, 15) is 4.79 Å². The van der Waals surface area contributed by atoms with Crippen molar-refractivity contribution in [3.05, 3.63) is 6.20 Å². The molecule has 66 valence electrons. The van der Waals surface area contributed by atoms with Gasteiger partial charge in [-0.15, -0.1) is 5.10 Å². The molecule has 0 radical (unpaired) electrons. The molecular weight excluding hydrogens is 158 g/mol. The summed E-state index contributed by atoms with van der Waals surface area (Å²) in [4.78, 5) is 10.4. The number of nitrogens with zero attached hydrogens (tertiary/aromatic N) is 3. The van der Waals surface area contributed by atoms with Crippen LogP contribution in [-0.2, 0) is 11.3 Å². The molecule has 3 N–H and O–H groups in total. The molecule has 0 aliphatic carbocycles. The fourth-order valence-electron chi connectivity index (χ4n) is 0.806. The zero-order valence-electron chi connectivity index (χ0n) is 6.82. The van der Waals surface area contributed by atoms with Gasteiger partial charge in [-0.1, -0.05) is 5.21 Å². The van der Waals surface area contributed by atoms with Crippen LogP contribution < -0.4 is 11.1 Å². The largest absolute Gasteiger partial charge is 0.368 e. The summed E-state index contributed by atoms with van der Waals surface area (Å²) in [7, 11) is 0. The number of hydrogen-bond acceptors (Lipinski definition) is 4. The third-order valence-corrected chi connectivity index (χ3v) is 1.36. The molecule has 0 bridgehead atoms. The van der Waals surface area contributed by atoms with Gasteiger partial charge in [0.25, 0.3) is 0 Å². The van der Waals surface area contributed by atoms with Gasteiger partial charge in [0, 0.05) is 6.54 Å². The summed E-state index contributed by atoms with van der Waals surface area (Å²) in [5.41, 5.74) is 4.95. The van der Waals surface area contributed by atoms with E-state index in [1.807, 2.05) is 6.92 Å². The topological polar surface area (TPSA) is 85.8 Å². The number of carbonyl (C=O) groups is 1. The van der Waals surface area contributed by atoms with Crippen LogP contribution in [0.2, 0.25) is 0 Å². The Morgan fingerprint density at radius 1 is 1.83 bits per heavy atom. The lowest BCUT2D eigenvalue weighted by molar-refractivity contribution is -0.116. The second kappa shape index (κ2) is 3.70. The first-order valence-corrected chi connectivity index (χ1v) is 3.64. The third-order valence-electron chi connectivity index (χ3n) is 1.36. The number of hydrogen-bond donors (Lipinski definition) is 2. The normalized spacial score (nSPS) is 9.75. The van der Waals surface area contributed by atoms with Crippen molar-refractivity contribution in [3.63, 3.8) is 0 Å². The number of primary amides is 1. The lowest BCUT2D eigenvalue weighted by Crippen LogP contribution is -2.23. The van der Waals surface area contributed by atoms with Crippen molar-refractivity contribution >= 4 is 11.7 Å². The van der Waals surface area contributed by atoms with E-state index in [4.69, 9.17) is 5.73 Å². The second-order valence-corrected chi connectivity index (χ2v) is 2.25. The predicted molar refractivity (Wildman–Crippen MR) is 43.4 cm³/mol. The van der Waals surface area contributed by atoms with Crippen molar-refractivity contribution in [2.45, 2.75) is 13.5 Å². The number of carbonyl (C=O) groups excluding carboxylic acids is 1. The molecule has 0 aliphatic heterocycles. The van der Waals surface area contributed by atoms with E-state index in [0.717, 1.165) is 0 Å². The number of nitrogens with two attached hydrogens (primary N) is 1. The Balaban J connectivity index is 2.56. The fraction of sp³-hybridized carbons (Fsp3) is 0.500. The summed E-state index contributed by atoms with van der Waals surface area (Å²) in [6.45, 7) is 2.75. The number of nitrogens with one attached hydrogen (secondary N) is 1. The summed E-state index contributed by atoms with van der Waals surface area (Å²) >= 11 is 0.